The van der Waals surface area contributed by atoms with Crippen molar-refractivity contribution in [2.24, 2.45) is 0 Å². The number of thiophene rings is 2. The highest BCUT2D eigenvalue weighted by Crippen LogP contribution is 2.45. The van der Waals surface area contributed by atoms with E-state index in [1.54, 1.807) is 22.7 Å². The van der Waals surface area contributed by atoms with Crippen molar-refractivity contribution in [2.75, 3.05) is 0 Å². The lowest BCUT2D eigenvalue weighted by atomic mass is 9.83. The lowest BCUT2D eigenvalue weighted by Crippen LogP contribution is -2.02. The molecule has 0 amide bonds. The van der Waals surface area contributed by atoms with Gasteiger partial charge in [0.2, 0.25) is 0 Å². The smallest absolute Gasteiger partial charge is 0.164 e. The Morgan fingerprint density at radius 3 is 1.23 bits per heavy atom. The van der Waals surface area contributed by atoms with Gasteiger partial charge in [0.15, 0.2) is 17.5 Å². The van der Waals surface area contributed by atoms with Crippen molar-refractivity contribution in [3.05, 3.63) is 259 Å². The lowest BCUT2D eigenvalue weighted by Gasteiger charge is -2.21. The van der Waals surface area contributed by atoms with Crippen molar-refractivity contribution < 1.29 is 4.42 Å². The molecule has 0 aliphatic heterocycles. The summed E-state index contributed by atoms with van der Waals surface area (Å²) < 4.78 is 11.5. The van der Waals surface area contributed by atoms with Crippen LogP contribution in [0.3, 0.4) is 0 Å². The Labute approximate surface area is 451 Å². The van der Waals surface area contributed by atoms with E-state index in [-0.39, 0.29) is 0 Å². The molecule has 16 rings (SSSR count). The van der Waals surface area contributed by atoms with Gasteiger partial charge in [-0.3, -0.25) is 0 Å². The molecule has 0 saturated heterocycles. The average Bonchev–Trinajstić information content (AvgIpc) is 4.20. The zero-order chi connectivity index (χ0) is 50.6. The van der Waals surface area contributed by atoms with E-state index in [1.165, 1.54) is 85.2 Å². The molecular formula is C71H43N3OS2. The van der Waals surface area contributed by atoms with Crippen molar-refractivity contribution in [2.45, 2.75) is 12.8 Å². The topological polar surface area (TPSA) is 51.8 Å². The van der Waals surface area contributed by atoms with Crippen molar-refractivity contribution in [3.8, 4) is 78.7 Å². The van der Waals surface area contributed by atoms with Gasteiger partial charge in [0, 0.05) is 67.8 Å². The largest absolute Gasteiger partial charge is 0.456 e. The normalized spacial score (nSPS) is 12.3. The average molecular weight is 1020 g/mol. The van der Waals surface area contributed by atoms with Gasteiger partial charge in [0.05, 0.1) is 0 Å². The van der Waals surface area contributed by atoms with Gasteiger partial charge in [-0.1, -0.05) is 194 Å². The predicted molar refractivity (Wildman–Crippen MR) is 323 cm³/mol. The molecule has 1 aliphatic carbocycles. The maximum absolute atomic E-state index is 6.67. The Morgan fingerprint density at radius 2 is 0.675 bits per heavy atom. The molecule has 4 heterocycles. The van der Waals surface area contributed by atoms with Crippen LogP contribution in [0.25, 0.3) is 141 Å². The molecule has 11 aromatic carbocycles. The fraction of sp³-hybridized carbons (Fsp3) is 0.0282. The van der Waals surface area contributed by atoms with Crippen molar-refractivity contribution in [1.29, 1.82) is 0 Å². The lowest BCUT2D eigenvalue weighted by molar-refractivity contribution is 0.669. The Kier molecular flexibility index (Phi) is 10.1. The Bertz CT molecular complexity index is 4750. The second-order valence-corrected chi connectivity index (χ2v) is 22.3. The fourth-order valence-corrected chi connectivity index (χ4v) is 14.4. The molecular weight excluding hydrogens is 975 g/mol. The van der Waals surface area contributed by atoms with Crippen LogP contribution in [0.5, 0.6) is 0 Å². The van der Waals surface area contributed by atoms with Gasteiger partial charge in [0.25, 0.3) is 0 Å². The molecule has 360 valence electrons. The molecule has 0 unspecified atom stereocenters. The third kappa shape index (κ3) is 7.28. The van der Waals surface area contributed by atoms with Gasteiger partial charge >= 0.3 is 0 Å². The highest BCUT2D eigenvalue weighted by molar-refractivity contribution is 7.26. The summed E-state index contributed by atoms with van der Waals surface area (Å²) in [5.41, 5.74) is 19.6. The molecule has 4 nitrogen and oxygen atoms in total. The maximum Gasteiger partial charge on any atom is 0.164 e. The number of benzene rings is 11. The van der Waals surface area contributed by atoms with Crippen molar-refractivity contribution >= 4 is 85.0 Å². The SMILES string of the molecule is c1ccc2c(c1)Cc1ccccc1-c1ccc(-c3ccc(-c4ccc5oc6cccc(-c7nc(-c8cccc9sc%10ccccc%10c89)nc(-c8cccc9sc%10ccccc%10c89)n7)c6c5c4)cc3)cc1Cc1ccccc1-2. The predicted octanol–water partition coefficient (Wildman–Crippen LogP) is 19.7. The molecule has 0 atom stereocenters. The summed E-state index contributed by atoms with van der Waals surface area (Å²) in [7, 11) is 0. The summed E-state index contributed by atoms with van der Waals surface area (Å²) in [4.78, 5) is 16.3. The van der Waals surface area contributed by atoms with Crippen LogP contribution in [-0.4, -0.2) is 15.0 Å². The highest BCUT2D eigenvalue weighted by atomic mass is 32.1. The summed E-state index contributed by atoms with van der Waals surface area (Å²) in [6.45, 7) is 0. The molecule has 0 bridgehead atoms. The monoisotopic (exact) mass is 1020 g/mol. The first-order chi connectivity index (χ1) is 38.1. The molecule has 6 heteroatoms. The summed E-state index contributed by atoms with van der Waals surface area (Å²) in [6.07, 6.45) is 1.71. The van der Waals surface area contributed by atoms with Gasteiger partial charge < -0.3 is 4.42 Å². The first kappa shape index (κ1) is 44.0. The van der Waals surface area contributed by atoms with Crippen LogP contribution in [0.1, 0.15) is 22.3 Å². The number of rotatable bonds is 5. The minimum Gasteiger partial charge on any atom is -0.456 e. The van der Waals surface area contributed by atoms with E-state index < -0.39 is 0 Å². The van der Waals surface area contributed by atoms with E-state index >= 15 is 0 Å². The molecule has 15 aromatic rings. The van der Waals surface area contributed by atoms with E-state index in [0.717, 1.165) is 73.4 Å². The van der Waals surface area contributed by atoms with Gasteiger partial charge in [-0.2, -0.15) is 0 Å². The number of fused-ring (bicyclic) bond motifs is 15. The Balaban J connectivity index is 0.815. The Hall–Kier alpha value is -9.33. The molecule has 1 aliphatic rings. The van der Waals surface area contributed by atoms with Gasteiger partial charge in [-0.05, 0) is 122 Å². The van der Waals surface area contributed by atoms with Crippen molar-refractivity contribution in [1.82, 2.24) is 15.0 Å². The van der Waals surface area contributed by atoms with Gasteiger partial charge in [-0.15, -0.1) is 22.7 Å². The van der Waals surface area contributed by atoms with Crippen LogP contribution >= 0.6 is 22.7 Å². The second-order valence-electron chi connectivity index (χ2n) is 20.1. The van der Waals surface area contributed by atoms with Gasteiger partial charge in [0.1, 0.15) is 11.2 Å². The minimum atomic E-state index is 0.598. The van der Waals surface area contributed by atoms with Gasteiger partial charge in [-0.25, -0.2) is 15.0 Å². The second kappa shape index (κ2) is 17.6. The molecule has 77 heavy (non-hydrogen) atoms. The highest BCUT2D eigenvalue weighted by Gasteiger charge is 2.23. The summed E-state index contributed by atoms with van der Waals surface area (Å²) in [5.74, 6) is 1.87. The van der Waals surface area contributed by atoms with Crippen LogP contribution in [0.2, 0.25) is 0 Å². The minimum absolute atomic E-state index is 0.598. The zero-order valence-electron chi connectivity index (χ0n) is 41.5. The quantitative estimate of drug-likeness (QED) is 0.172. The number of hydrogen-bond acceptors (Lipinski definition) is 6. The van der Waals surface area contributed by atoms with Crippen LogP contribution in [-0.2, 0) is 12.8 Å². The third-order valence-corrected chi connectivity index (χ3v) is 18.0. The zero-order valence-corrected chi connectivity index (χ0v) is 43.1. The molecule has 0 saturated carbocycles. The molecule has 4 aromatic heterocycles. The standard InChI is InChI=1S/C71H43N3OS2/c1-4-17-50-46(14-1)39-47-15-2-6-19-52(47)53-36-34-44(38-49(53)40-48-16-3-5-18-51(48)50)42-30-32-43(33-31-42)45-35-37-60-59(41-45)66-56(22-11-25-61(66)75-60)69-72-70(57-23-12-28-64-67(57)54-20-7-9-26-62(54)76-64)74-71(73-69)58-24-13-29-65-68(58)55-21-8-10-27-63(55)77-65/h1-38,41H,39-40H2. The van der Waals surface area contributed by atoms with E-state index in [0.29, 0.717) is 17.5 Å². The third-order valence-electron chi connectivity index (χ3n) is 15.7. The van der Waals surface area contributed by atoms with Crippen LogP contribution < -0.4 is 0 Å². The first-order valence-electron chi connectivity index (χ1n) is 26.1. The molecule has 0 fully saturated rings. The summed E-state index contributed by atoms with van der Waals surface area (Å²) >= 11 is 3.60. The number of nitrogens with zero attached hydrogens (tertiary/aromatic N) is 3. The molecule has 0 radical (unpaired) electrons. The maximum atomic E-state index is 6.67. The van der Waals surface area contributed by atoms with Crippen LogP contribution in [0.15, 0.2) is 241 Å². The van der Waals surface area contributed by atoms with E-state index in [4.69, 9.17) is 19.4 Å². The molecule has 0 N–H and O–H groups in total. The number of furan rings is 1. The van der Waals surface area contributed by atoms with E-state index in [1.807, 2.05) is 6.07 Å². The van der Waals surface area contributed by atoms with E-state index in [2.05, 4.69) is 231 Å². The summed E-state index contributed by atoms with van der Waals surface area (Å²) in [5, 5.41) is 6.69. The first-order valence-corrected chi connectivity index (χ1v) is 27.8. The summed E-state index contributed by atoms with van der Waals surface area (Å²) in [6, 6.07) is 85.8. The number of hydrogen-bond donors (Lipinski definition) is 0. The van der Waals surface area contributed by atoms with Crippen LogP contribution in [0.4, 0.5) is 0 Å². The van der Waals surface area contributed by atoms with Crippen LogP contribution in [0, 0.1) is 0 Å². The van der Waals surface area contributed by atoms with E-state index in [9.17, 15) is 0 Å². The number of aromatic nitrogens is 3. The van der Waals surface area contributed by atoms with Crippen molar-refractivity contribution in [3.63, 3.8) is 0 Å². The molecule has 0 spiro atoms. The fourth-order valence-electron chi connectivity index (χ4n) is 12.1. The Morgan fingerprint density at radius 1 is 0.273 bits per heavy atom.